The quantitative estimate of drug-likeness (QED) is 0.338. The van der Waals surface area contributed by atoms with Crippen LogP contribution in [0.25, 0.3) is 0 Å². The Hall–Kier alpha value is -3.00. The van der Waals surface area contributed by atoms with Gasteiger partial charge in [-0.1, -0.05) is 6.07 Å². The van der Waals surface area contributed by atoms with Crippen molar-refractivity contribution >= 4 is 21.7 Å². The Morgan fingerprint density at radius 2 is 1.71 bits per heavy atom. The van der Waals surface area contributed by atoms with Gasteiger partial charge in [-0.25, -0.2) is 27.6 Å². The van der Waals surface area contributed by atoms with Crippen molar-refractivity contribution < 1.29 is 40.2 Å². The van der Waals surface area contributed by atoms with E-state index in [1.807, 2.05) is 18.7 Å². The molecule has 1 amide bonds. The Balaban J connectivity index is 1.77. The highest BCUT2D eigenvalue weighted by Crippen LogP contribution is 2.44. The molecule has 9 nitrogen and oxygen atoms in total. The first kappa shape index (κ1) is 31.9. The molecule has 1 unspecified atom stereocenters. The fourth-order valence-corrected chi connectivity index (χ4v) is 6.02. The second-order valence-corrected chi connectivity index (χ2v) is 14.0. The summed E-state index contributed by atoms with van der Waals surface area (Å²) in [5.41, 5.74) is -1.97. The minimum atomic E-state index is -4.84. The summed E-state index contributed by atoms with van der Waals surface area (Å²) in [5, 5.41) is -0.497. The van der Waals surface area contributed by atoms with E-state index in [9.17, 15) is 26.4 Å². The Bertz CT molecular complexity index is 1510. The number of anilines is 1. The lowest BCUT2D eigenvalue weighted by Gasteiger charge is -2.45. The number of benzene rings is 1. The lowest BCUT2D eigenvalue weighted by molar-refractivity contribution is -0.140. The molecule has 0 saturated carbocycles. The molecule has 2 aliphatic heterocycles. The highest BCUT2D eigenvalue weighted by Gasteiger charge is 2.42. The molecule has 232 valence electrons. The van der Waals surface area contributed by atoms with Gasteiger partial charge in [-0.3, -0.25) is 0 Å². The molecule has 2 aliphatic rings. The van der Waals surface area contributed by atoms with Crippen LogP contribution in [0.1, 0.15) is 74.2 Å². The van der Waals surface area contributed by atoms with Crippen LogP contribution in [-0.4, -0.2) is 66.4 Å². The highest BCUT2D eigenvalue weighted by molar-refractivity contribution is 7.90. The Labute approximate surface area is 243 Å². The second kappa shape index (κ2) is 10.9. The number of aryl methyl sites for hydroxylation is 2. The van der Waals surface area contributed by atoms with Gasteiger partial charge < -0.3 is 19.3 Å². The average Bonchev–Trinajstić information content (AvgIpc) is 2.83. The van der Waals surface area contributed by atoms with Gasteiger partial charge in [-0.05, 0) is 59.6 Å². The average molecular weight is 617 g/mol. The molecule has 0 radical (unpaired) electrons. The number of aromatic nitrogens is 2. The van der Waals surface area contributed by atoms with Gasteiger partial charge in [0.15, 0.2) is 0 Å². The van der Waals surface area contributed by atoms with Crippen molar-refractivity contribution in [1.82, 2.24) is 14.9 Å². The fraction of sp³-hybridized carbons (Fsp3) is 0.607. The van der Waals surface area contributed by atoms with Crippen LogP contribution in [-0.2, 0) is 38.5 Å². The topological polar surface area (TPSA) is 102 Å². The van der Waals surface area contributed by atoms with Crippen molar-refractivity contribution in [3.05, 3.63) is 45.4 Å². The number of piperazine rings is 1. The van der Waals surface area contributed by atoms with Crippen LogP contribution in [0.5, 0.6) is 0 Å². The van der Waals surface area contributed by atoms with Crippen molar-refractivity contribution in [2.75, 3.05) is 24.2 Å². The predicted octanol–water partition coefficient (Wildman–Crippen LogP) is 5.30. The monoisotopic (exact) mass is 616 g/mol. The number of rotatable bonds is 3. The predicted molar refractivity (Wildman–Crippen MR) is 146 cm³/mol. The molecule has 42 heavy (non-hydrogen) atoms. The molecule has 2 aromatic rings. The van der Waals surface area contributed by atoms with E-state index in [0.29, 0.717) is 5.56 Å². The number of halogens is 4. The molecular formula is C28H36F4N4O5S. The molecule has 3 atom stereocenters. The lowest BCUT2D eigenvalue weighted by atomic mass is 9.90. The molecule has 3 heterocycles. The summed E-state index contributed by atoms with van der Waals surface area (Å²) in [5.74, 6) is -0.779. The van der Waals surface area contributed by atoms with Crippen LogP contribution in [0.2, 0.25) is 0 Å². The smallest absolute Gasteiger partial charge is 0.417 e. The van der Waals surface area contributed by atoms with Gasteiger partial charge in [0.1, 0.15) is 17.2 Å². The summed E-state index contributed by atoms with van der Waals surface area (Å²) >= 11 is 0. The van der Waals surface area contributed by atoms with E-state index in [1.54, 1.807) is 25.7 Å². The summed E-state index contributed by atoms with van der Waals surface area (Å²) in [6.45, 7) is 11.8. The number of nitrogens with zero attached hydrogens (tertiary/aromatic N) is 4. The van der Waals surface area contributed by atoms with Gasteiger partial charge in [0, 0.05) is 49.0 Å². The van der Waals surface area contributed by atoms with Crippen molar-refractivity contribution in [2.24, 2.45) is 0 Å². The summed E-state index contributed by atoms with van der Waals surface area (Å²) < 4.78 is 94.2. The number of carbonyl (C=O) groups excluding carboxylic acids is 1. The van der Waals surface area contributed by atoms with E-state index in [2.05, 4.69) is 9.97 Å². The third kappa shape index (κ3) is 6.34. The Morgan fingerprint density at radius 1 is 1.07 bits per heavy atom. The number of amides is 1. The zero-order valence-electron chi connectivity index (χ0n) is 24.9. The third-order valence-corrected chi connectivity index (χ3v) is 8.21. The molecule has 1 aromatic carbocycles. The first-order valence-electron chi connectivity index (χ1n) is 13.5. The van der Waals surface area contributed by atoms with Crippen molar-refractivity contribution in [2.45, 2.75) is 96.6 Å². The second-order valence-electron chi connectivity index (χ2n) is 12.1. The van der Waals surface area contributed by atoms with Gasteiger partial charge in [0.2, 0.25) is 15.0 Å². The van der Waals surface area contributed by atoms with Gasteiger partial charge in [0.05, 0.1) is 24.0 Å². The van der Waals surface area contributed by atoms with E-state index < -0.39 is 55.9 Å². The van der Waals surface area contributed by atoms with Gasteiger partial charge >= 0.3 is 12.3 Å². The lowest BCUT2D eigenvalue weighted by Crippen LogP contribution is -2.59. The van der Waals surface area contributed by atoms with Crippen molar-refractivity contribution in [3.63, 3.8) is 0 Å². The maximum Gasteiger partial charge on any atom is 0.417 e. The molecule has 0 bridgehead atoms. The molecule has 1 saturated heterocycles. The van der Waals surface area contributed by atoms with Crippen LogP contribution < -0.4 is 4.90 Å². The van der Waals surface area contributed by atoms with E-state index in [4.69, 9.17) is 9.47 Å². The molecule has 1 fully saturated rings. The minimum absolute atomic E-state index is 0.0377. The zero-order valence-corrected chi connectivity index (χ0v) is 25.7. The Kier molecular flexibility index (Phi) is 8.31. The molecule has 0 N–H and O–H groups in total. The summed E-state index contributed by atoms with van der Waals surface area (Å²) in [4.78, 5) is 24.8. The number of hydrogen-bond acceptors (Lipinski definition) is 8. The maximum absolute atomic E-state index is 15.3. The molecule has 1 aromatic heterocycles. The van der Waals surface area contributed by atoms with Crippen molar-refractivity contribution in [1.29, 1.82) is 0 Å². The van der Waals surface area contributed by atoms with Crippen LogP contribution in [0.3, 0.4) is 0 Å². The molecular weight excluding hydrogens is 580 g/mol. The number of carbonyl (C=O) groups is 1. The van der Waals surface area contributed by atoms with Gasteiger partial charge in [0.25, 0.3) is 0 Å². The van der Waals surface area contributed by atoms with E-state index in [1.165, 1.54) is 13.8 Å². The largest absolute Gasteiger partial charge is 0.444 e. The van der Waals surface area contributed by atoms with E-state index in [-0.39, 0.29) is 60.8 Å². The number of hydrogen-bond donors (Lipinski definition) is 0. The van der Waals surface area contributed by atoms with Crippen LogP contribution in [0, 0.1) is 19.7 Å². The number of alkyl halides is 3. The van der Waals surface area contributed by atoms with Gasteiger partial charge in [-0.15, -0.1) is 0 Å². The summed E-state index contributed by atoms with van der Waals surface area (Å²) in [6.07, 6.45) is -6.04. The molecule has 14 heteroatoms. The molecule has 0 spiro atoms. The number of ether oxygens (including phenoxy) is 2. The zero-order chi connectivity index (χ0) is 31.5. The fourth-order valence-electron chi connectivity index (χ4n) is 5.49. The SMILES string of the molecule is Cc1cc(C)c(C(F)(F)F)c(C2Cc3nc(S(C)(=O)=O)nc(N4C[C@@H](C)N(C(=O)OC(C)(C)C)C[C@@H]4C)c3CO2)c1F. The first-order chi connectivity index (χ1) is 19.2. The molecule has 0 aliphatic carbocycles. The third-order valence-electron chi connectivity index (χ3n) is 7.36. The Morgan fingerprint density at radius 3 is 2.29 bits per heavy atom. The number of sulfone groups is 1. The normalized spacial score (nSPS) is 21.8. The summed E-state index contributed by atoms with van der Waals surface area (Å²) in [6, 6.07) is 0.450. The first-order valence-corrected chi connectivity index (χ1v) is 15.4. The number of fused-ring (bicyclic) bond motifs is 1. The summed E-state index contributed by atoms with van der Waals surface area (Å²) in [7, 11) is -3.94. The van der Waals surface area contributed by atoms with Crippen LogP contribution >= 0.6 is 0 Å². The molecule has 4 rings (SSSR count). The van der Waals surface area contributed by atoms with Crippen LogP contribution in [0.15, 0.2) is 11.2 Å². The van der Waals surface area contributed by atoms with E-state index >= 15 is 4.39 Å². The van der Waals surface area contributed by atoms with Crippen molar-refractivity contribution in [3.8, 4) is 0 Å². The minimum Gasteiger partial charge on any atom is -0.444 e. The maximum atomic E-state index is 15.3. The van der Waals surface area contributed by atoms with Crippen LogP contribution in [0.4, 0.5) is 28.2 Å². The highest BCUT2D eigenvalue weighted by atomic mass is 32.2. The van der Waals surface area contributed by atoms with Gasteiger partial charge in [-0.2, -0.15) is 13.2 Å². The van der Waals surface area contributed by atoms with E-state index in [0.717, 1.165) is 12.3 Å². The standard InChI is InChI=1S/C28H36F4N4O5S/c1-14-9-15(2)23(29)21(22(14)28(30,31)32)20-10-19-18(13-40-20)24(34-25(33-19)42(8,38)39)35-11-17(4)36(12-16(35)3)26(37)41-27(5,6)7/h9,16-17,20H,10-13H2,1-8H3/t16-,17+,20?/m0/s1.